The Balaban J connectivity index is 1.66. The average Bonchev–Trinajstić information content (AvgIpc) is 3.57. The minimum absolute atomic E-state index is 0.109. The number of aryl methyl sites for hydroxylation is 1. The molecule has 1 fully saturated rings. The first-order valence-corrected chi connectivity index (χ1v) is 13.4. The summed E-state index contributed by atoms with van der Waals surface area (Å²) in [6.07, 6.45) is 5.56. The molecule has 2 aromatic heterocycles. The molecule has 186 valence electrons. The van der Waals surface area contributed by atoms with Crippen molar-refractivity contribution >= 4 is 33.4 Å². The van der Waals surface area contributed by atoms with Gasteiger partial charge in [0, 0.05) is 30.1 Å². The lowest BCUT2D eigenvalue weighted by Crippen LogP contribution is -2.32. The molecule has 35 heavy (non-hydrogen) atoms. The van der Waals surface area contributed by atoms with E-state index in [1.54, 1.807) is 30.5 Å². The minimum atomic E-state index is -3.50. The van der Waals surface area contributed by atoms with E-state index < -0.39 is 16.1 Å². The van der Waals surface area contributed by atoms with E-state index in [-0.39, 0.29) is 16.8 Å². The van der Waals surface area contributed by atoms with Crippen LogP contribution in [0, 0.1) is 0 Å². The summed E-state index contributed by atoms with van der Waals surface area (Å²) in [5, 5.41) is 2.99. The second-order valence-corrected chi connectivity index (χ2v) is 10.7. The number of aromatic nitrogens is 4. The molecule has 3 aromatic rings. The van der Waals surface area contributed by atoms with Crippen molar-refractivity contribution in [2.24, 2.45) is 0 Å². The normalized spacial score (nSPS) is 14.4. The fourth-order valence-corrected chi connectivity index (χ4v) is 4.54. The van der Waals surface area contributed by atoms with Crippen molar-refractivity contribution in [1.82, 2.24) is 25.3 Å². The molecule has 3 N–H and O–H groups in total. The van der Waals surface area contributed by atoms with Gasteiger partial charge in [0.25, 0.3) is 0 Å². The maximum atomic E-state index is 11.8. The van der Waals surface area contributed by atoms with Gasteiger partial charge in [-0.1, -0.05) is 23.7 Å². The fourth-order valence-electron chi connectivity index (χ4n) is 3.65. The van der Waals surface area contributed by atoms with Gasteiger partial charge in [-0.2, -0.15) is 0 Å². The summed E-state index contributed by atoms with van der Waals surface area (Å²) in [4.78, 5) is 28.7. The lowest BCUT2D eigenvalue weighted by atomic mass is 10.1. The van der Waals surface area contributed by atoms with Crippen LogP contribution in [0.5, 0.6) is 0 Å². The molecule has 0 spiro atoms. The van der Waals surface area contributed by atoms with E-state index in [0.717, 1.165) is 24.9 Å². The monoisotopic (exact) mass is 518 g/mol. The molecular weight excluding hydrogens is 492 g/mol. The predicted molar refractivity (Wildman–Crippen MR) is 134 cm³/mol. The molecule has 0 aliphatic heterocycles. The van der Waals surface area contributed by atoms with Crippen LogP contribution in [0.3, 0.4) is 0 Å². The number of halogens is 1. The number of carbonyl (C=O) groups is 1. The second kappa shape index (κ2) is 10.2. The van der Waals surface area contributed by atoms with Gasteiger partial charge >= 0.3 is 6.09 Å². The number of sulfonamides is 1. The van der Waals surface area contributed by atoms with Gasteiger partial charge in [0.05, 0.1) is 41.2 Å². The third-order valence-corrected chi connectivity index (χ3v) is 6.55. The molecule has 0 radical (unpaired) electrons. The summed E-state index contributed by atoms with van der Waals surface area (Å²) < 4.78 is 30.6. The Morgan fingerprint density at radius 2 is 2.06 bits per heavy atom. The van der Waals surface area contributed by atoms with Gasteiger partial charge in [-0.25, -0.2) is 28.2 Å². The Morgan fingerprint density at radius 3 is 2.74 bits per heavy atom. The van der Waals surface area contributed by atoms with Gasteiger partial charge in [0.15, 0.2) is 0 Å². The highest BCUT2D eigenvalue weighted by atomic mass is 35.5. The van der Waals surface area contributed by atoms with Crippen LogP contribution in [0.25, 0.3) is 22.6 Å². The number of benzene rings is 1. The van der Waals surface area contributed by atoms with Crippen LogP contribution in [-0.2, 0) is 21.2 Å². The number of amides is 1. The molecular formula is C23H27ClN6O4S. The fraction of sp³-hybridized carbons (Fsp3) is 0.391. The maximum Gasteiger partial charge on any atom is 0.407 e. The smallest absolute Gasteiger partial charge is 0.407 e. The number of hydrogen-bond donors (Lipinski definition) is 3. The Morgan fingerprint density at radius 1 is 1.29 bits per heavy atom. The second-order valence-electron chi connectivity index (χ2n) is 8.60. The number of nitrogens with one attached hydrogen (secondary N) is 3. The lowest BCUT2D eigenvalue weighted by molar-refractivity contribution is 0.167. The van der Waals surface area contributed by atoms with Crippen LogP contribution >= 0.6 is 11.6 Å². The van der Waals surface area contributed by atoms with Gasteiger partial charge in [0.1, 0.15) is 11.6 Å². The van der Waals surface area contributed by atoms with Gasteiger partial charge in [-0.05, 0) is 38.3 Å². The van der Waals surface area contributed by atoms with Crippen LogP contribution in [0.2, 0.25) is 5.02 Å². The number of carbonyl (C=O) groups excluding carboxylic acids is 1. The third kappa shape index (κ3) is 6.29. The zero-order valence-electron chi connectivity index (χ0n) is 19.6. The Kier molecular flexibility index (Phi) is 7.27. The largest absolute Gasteiger partial charge is 0.453 e. The molecule has 1 aromatic carbocycles. The molecule has 12 heteroatoms. The highest BCUT2D eigenvalue weighted by Gasteiger charge is 2.29. The first kappa shape index (κ1) is 24.9. The number of anilines is 1. The highest BCUT2D eigenvalue weighted by molar-refractivity contribution is 7.92. The number of nitrogens with zero attached hydrogens (tertiary/aromatic N) is 3. The molecule has 1 aliphatic rings. The van der Waals surface area contributed by atoms with E-state index in [9.17, 15) is 13.2 Å². The van der Waals surface area contributed by atoms with Gasteiger partial charge < -0.3 is 15.0 Å². The topological polar surface area (TPSA) is 139 Å². The molecule has 2 heterocycles. The van der Waals surface area contributed by atoms with Crippen LogP contribution in [0.4, 0.5) is 10.5 Å². The third-order valence-electron chi connectivity index (χ3n) is 5.55. The van der Waals surface area contributed by atoms with E-state index in [0.29, 0.717) is 47.2 Å². The summed E-state index contributed by atoms with van der Waals surface area (Å²) in [5.74, 6) is 1.82. The minimum Gasteiger partial charge on any atom is -0.453 e. The molecule has 0 saturated heterocycles. The first-order valence-electron chi connectivity index (χ1n) is 11.2. The van der Waals surface area contributed by atoms with Crippen molar-refractivity contribution in [1.29, 1.82) is 0 Å². The van der Waals surface area contributed by atoms with Crippen molar-refractivity contribution < 1.29 is 17.9 Å². The van der Waals surface area contributed by atoms with Crippen molar-refractivity contribution in [3.63, 3.8) is 0 Å². The average molecular weight is 519 g/mol. The van der Waals surface area contributed by atoms with E-state index >= 15 is 0 Å². The number of rotatable bonds is 9. The van der Waals surface area contributed by atoms with Crippen molar-refractivity contribution in [3.05, 3.63) is 47.1 Å². The van der Waals surface area contributed by atoms with Crippen molar-refractivity contribution in [2.75, 3.05) is 18.1 Å². The highest BCUT2D eigenvalue weighted by Crippen LogP contribution is 2.43. The zero-order valence-corrected chi connectivity index (χ0v) is 21.2. The number of imidazole rings is 1. The van der Waals surface area contributed by atoms with Crippen molar-refractivity contribution in [3.8, 4) is 22.6 Å². The van der Waals surface area contributed by atoms with Gasteiger partial charge in [-0.15, -0.1) is 0 Å². The molecule has 1 amide bonds. The van der Waals surface area contributed by atoms with Gasteiger partial charge in [-0.3, -0.25) is 4.72 Å². The number of ether oxygens (including phenoxy) is 1. The first-order chi connectivity index (χ1) is 16.6. The molecule has 1 aliphatic carbocycles. The number of aromatic amines is 1. The molecule has 0 unspecified atom stereocenters. The van der Waals surface area contributed by atoms with Crippen LogP contribution in [0.15, 0.2) is 30.5 Å². The molecule has 4 rings (SSSR count). The van der Waals surface area contributed by atoms with E-state index in [1.165, 1.54) is 7.11 Å². The molecule has 10 nitrogen and oxygen atoms in total. The maximum absolute atomic E-state index is 11.8. The number of methoxy groups -OCH3 is 1. The Bertz CT molecular complexity index is 1340. The zero-order chi connectivity index (χ0) is 25.2. The van der Waals surface area contributed by atoms with Gasteiger partial charge in [0.2, 0.25) is 10.0 Å². The summed E-state index contributed by atoms with van der Waals surface area (Å²) >= 11 is 6.62. The van der Waals surface area contributed by atoms with E-state index in [4.69, 9.17) is 21.6 Å². The summed E-state index contributed by atoms with van der Waals surface area (Å²) in [6, 6.07) is 6.81. The summed E-state index contributed by atoms with van der Waals surface area (Å²) in [5.41, 5.74) is 2.81. The van der Waals surface area contributed by atoms with E-state index in [2.05, 4.69) is 24.7 Å². The van der Waals surface area contributed by atoms with Crippen LogP contribution in [-0.4, -0.2) is 53.9 Å². The number of alkyl carbamates (subject to hydrolysis) is 1. The molecule has 0 bridgehead atoms. The van der Waals surface area contributed by atoms with Crippen LogP contribution < -0.4 is 10.0 Å². The lowest BCUT2D eigenvalue weighted by Gasteiger charge is -2.12. The summed E-state index contributed by atoms with van der Waals surface area (Å²) in [7, 11) is -2.18. The predicted octanol–water partition coefficient (Wildman–Crippen LogP) is 4.11. The SMILES string of the molecule is COC(=O)N[C@@H](C)CCc1nccc(-c2[nH]c(C3CC3)nc2-c2cccc(NS(C)(=O)=O)c2Cl)n1. The Hall–Kier alpha value is -3.18. The summed E-state index contributed by atoms with van der Waals surface area (Å²) in [6.45, 7) is 1.88. The standard InChI is InChI=1S/C23H27ClN6O4S/c1-13(26-23(31)34-2)7-10-18-25-12-11-17(27-18)21-20(28-22(29-21)14-8-9-14)15-5-4-6-16(19(15)24)30-35(3,32)33/h4-6,11-14,30H,7-10H2,1-3H3,(H,26,31)(H,28,29)/t13-/m0/s1. The Labute approximate surface area is 208 Å². The van der Waals surface area contributed by atoms with E-state index in [1.807, 2.05) is 6.92 Å². The van der Waals surface area contributed by atoms with Crippen molar-refractivity contribution in [2.45, 2.75) is 44.6 Å². The number of hydrogen-bond acceptors (Lipinski definition) is 7. The quantitative estimate of drug-likeness (QED) is 0.387. The molecule has 1 saturated carbocycles. The number of H-pyrrole nitrogens is 1. The van der Waals surface area contributed by atoms with Crippen LogP contribution in [0.1, 0.15) is 43.8 Å². The molecule has 1 atom stereocenters.